The van der Waals surface area contributed by atoms with Gasteiger partial charge in [-0.2, -0.15) is 0 Å². The topological polar surface area (TPSA) is 99.3 Å². The molecule has 0 saturated heterocycles. The average Bonchev–Trinajstić information content (AvgIpc) is 2.87. The van der Waals surface area contributed by atoms with Crippen molar-refractivity contribution in [2.24, 2.45) is 0 Å². The van der Waals surface area contributed by atoms with Gasteiger partial charge in [-0.05, 0) is 61.4 Å². The molecule has 0 saturated carbocycles. The van der Waals surface area contributed by atoms with E-state index >= 15 is 0 Å². The Morgan fingerprint density at radius 2 is 1.53 bits per heavy atom. The minimum Gasteiger partial charge on any atom is -0.376 e. The number of rotatable bonds is 10. The quantitative estimate of drug-likeness (QED) is 0.366. The Kier molecular flexibility index (Phi) is 8.80. The molecule has 34 heavy (non-hydrogen) atoms. The first-order valence-corrected chi connectivity index (χ1v) is 11.3. The summed E-state index contributed by atoms with van der Waals surface area (Å²) in [6.07, 6.45) is 0.863. The van der Waals surface area contributed by atoms with Crippen LogP contribution in [0.15, 0.2) is 78.9 Å². The number of benzene rings is 3. The van der Waals surface area contributed by atoms with Crippen LogP contribution in [0.4, 0.5) is 11.4 Å². The zero-order valence-electron chi connectivity index (χ0n) is 19.4. The second-order valence-electron chi connectivity index (χ2n) is 8.01. The van der Waals surface area contributed by atoms with Crippen LogP contribution < -0.4 is 21.3 Å². The van der Waals surface area contributed by atoms with Crippen LogP contribution in [0.2, 0.25) is 0 Å². The number of hydrogen-bond acceptors (Lipinski definition) is 4. The van der Waals surface area contributed by atoms with Gasteiger partial charge in [-0.15, -0.1) is 0 Å². The molecular formula is C27H30N4O3. The Balaban J connectivity index is 1.48. The minimum absolute atomic E-state index is 0.0445. The van der Waals surface area contributed by atoms with Crippen LogP contribution in [-0.4, -0.2) is 30.3 Å². The van der Waals surface area contributed by atoms with Crippen molar-refractivity contribution in [3.63, 3.8) is 0 Å². The molecule has 0 fully saturated rings. The predicted molar refractivity (Wildman–Crippen MR) is 135 cm³/mol. The molecule has 176 valence electrons. The molecule has 0 aliphatic heterocycles. The molecule has 3 aromatic carbocycles. The average molecular weight is 459 g/mol. The van der Waals surface area contributed by atoms with Crippen LogP contribution >= 0.6 is 0 Å². The minimum atomic E-state index is -0.250. The lowest BCUT2D eigenvalue weighted by Crippen LogP contribution is -2.31. The van der Waals surface area contributed by atoms with E-state index in [0.29, 0.717) is 23.4 Å². The van der Waals surface area contributed by atoms with Crippen molar-refractivity contribution in [3.8, 4) is 0 Å². The largest absolute Gasteiger partial charge is 0.376 e. The molecule has 0 bridgehead atoms. The fourth-order valence-electron chi connectivity index (χ4n) is 3.15. The molecule has 0 radical (unpaired) electrons. The Labute approximate surface area is 200 Å². The highest BCUT2D eigenvalue weighted by molar-refractivity contribution is 5.98. The van der Waals surface area contributed by atoms with E-state index in [1.165, 1.54) is 0 Å². The summed E-state index contributed by atoms with van der Waals surface area (Å²) in [5.74, 6) is -0.581. The summed E-state index contributed by atoms with van der Waals surface area (Å²) >= 11 is 0. The van der Waals surface area contributed by atoms with Gasteiger partial charge in [0.05, 0.1) is 6.54 Å². The summed E-state index contributed by atoms with van der Waals surface area (Å²) < 4.78 is 0. The standard InChI is InChI=1S/C27H30N4O3/c1-3-19(2)30-27(34)21-12-14-23(15-13-21)28-18-25(32)31-24-11-7-10-22(16-24)26(33)29-17-20-8-5-4-6-9-20/h4-16,19,28H,3,17-18H2,1-2H3,(H,29,33)(H,30,34)(H,31,32). The summed E-state index contributed by atoms with van der Waals surface area (Å²) in [4.78, 5) is 37.0. The molecule has 3 aromatic rings. The summed E-state index contributed by atoms with van der Waals surface area (Å²) in [7, 11) is 0. The fourth-order valence-corrected chi connectivity index (χ4v) is 3.15. The summed E-state index contributed by atoms with van der Waals surface area (Å²) in [6, 6.07) is 23.5. The molecule has 3 amide bonds. The third-order valence-electron chi connectivity index (χ3n) is 5.29. The van der Waals surface area contributed by atoms with Gasteiger partial charge in [-0.3, -0.25) is 14.4 Å². The normalized spacial score (nSPS) is 11.2. The highest BCUT2D eigenvalue weighted by Gasteiger charge is 2.10. The monoisotopic (exact) mass is 458 g/mol. The van der Waals surface area contributed by atoms with Gasteiger partial charge in [0.25, 0.3) is 11.8 Å². The predicted octanol–water partition coefficient (Wildman–Crippen LogP) is 4.20. The van der Waals surface area contributed by atoms with Crippen LogP contribution in [0.25, 0.3) is 0 Å². The van der Waals surface area contributed by atoms with E-state index in [2.05, 4.69) is 21.3 Å². The maximum absolute atomic E-state index is 12.5. The first-order chi connectivity index (χ1) is 16.4. The molecule has 0 aromatic heterocycles. The Bertz CT molecular complexity index is 1110. The van der Waals surface area contributed by atoms with Crippen molar-refractivity contribution in [1.82, 2.24) is 10.6 Å². The second kappa shape index (κ2) is 12.2. The van der Waals surface area contributed by atoms with E-state index in [4.69, 9.17) is 0 Å². The molecule has 0 spiro atoms. The smallest absolute Gasteiger partial charge is 0.251 e. The van der Waals surface area contributed by atoms with Crippen LogP contribution in [0, 0.1) is 0 Å². The lowest BCUT2D eigenvalue weighted by atomic mass is 10.1. The van der Waals surface area contributed by atoms with Gasteiger partial charge < -0.3 is 21.3 Å². The molecule has 7 nitrogen and oxygen atoms in total. The lowest BCUT2D eigenvalue weighted by Gasteiger charge is -2.12. The van der Waals surface area contributed by atoms with Gasteiger partial charge in [0.15, 0.2) is 0 Å². The van der Waals surface area contributed by atoms with Crippen molar-refractivity contribution >= 4 is 29.1 Å². The number of carbonyl (C=O) groups excluding carboxylic acids is 3. The van der Waals surface area contributed by atoms with Crippen LogP contribution in [0.5, 0.6) is 0 Å². The SMILES string of the molecule is CCC(C)NC(=O)c1ccc(NCC(=O)Nc2cccc(C(=O)NCc3ccccc3)c2)cc1. The summed E-state index contributed by atoms with van der Waals surface area (Å²) in [5, 5.41) is 11.6. The van der Waals surface area contributed by atoms with Gasteiger partial charge in [0.1, 0.15) is 0 Å². The van der Waals surface area contributed by atoms with Gasteiger partial charge in [0.2, 0.25) is 5.91 Å². The van der Waals surface area contributed by atoms with Gasteiger partial charge in [-0.25, -0.2) is 0 Å². The number of nitrogens with one attached hydrogen (secondary N) is 4. The Morgan fingerprint density at radius 3 is 2.24 bits per heavy atom. The zero-order valence-corrected chi connectivity index (χ0v) is 19.4. The van der Waals surface area contributed by atoms with Crippen LogP contribution in [0.3, 0.4) is 0 Å². The molecule has 1 unspecified atom stereocenters. The summed E-state index contributed by atoms with van der Waals surface area (Å²) in [6.45, 7) is 4.44. The maximum atomic E-state index is 12.5. The highest BCUT2D eigenvalue weighted by atomic mass is 16.2. The third-order valence-corrected chi connectivity index (χ3v) is 5.29. The second-order valence-corrected chi connectivity index (χ2v) is 8.01. The van der Waals surface area contributed by atoms with E-state index in [-0.39, 0.29) is 30.3 Å². The van der Waals surface area contributed by atoms with Crippen molar-refractivity contribution in [3.05, 3.63) is 95.6 Å². The number of hydrogen-bond donors (Lipinski definition) is 4. The molecule has 7 heteroatoms. The summed E-state index contributed by atoms with van der Waals surface area (Å²) in [5.41, 5.74) is 3.31. The van der Waals surface area contributed by atoms with E-state index < -0.39 is 0 Å². The Morgan fingerprint density at radius 1 is 0.794 bits per heavy atom. The van der Waals surface area contributed by atoms with Crippen LogP contribution in [-0.2, 0) is 11.3 Å². The molecule has 0 aliphatic carbocycles. The number of amides is 3. The molecule has 1 atom stereocenters. The molecule has 0 heterocycles. The van der Waals surface area contributed by atoms with Crippen molar-refractivity contribution in [2.75, 3.05) is 17.2 Å². The highest BCUT2D eigenvalue weighted by Crippen LogP contribution is 2.13. The maximum Gasteiger partial charge on any atom is 0.251 e. The van der Waals surface area contributed by atoms with Crippen molar-refractivity contribution < 1.29 is 14.4 Å². The number of anilines is 2. The third kappa shape index (κ3) is 7.48. The van der Waals surface area contributed by atoms with E-state index in [0.717, 1.165) is 17.7 Å². The first-order valence-electron chi connectivity index (χ1n) is 11.3. The van der Waals surface area contributed by atoms with Crippen molar-refractivity contribution in [1.29, 1.82) is 0 Å². The zero-order chi connectivity index (χ0) is 24.3. The molecule has 4 N–H and O–H groups in total. The fraction of sp³-hybridized carbons (Fsp3) is 0.222. The number of carbonyl (C=O) groups is 3. The Hall–Kier alpha value is -4.13. The first kappa shape index (κ1) is 24.5. The molecule has 3 rings (SSSR count). The van der Waals surface area contributed by atoms with E-state index in [1.54, 1.807) is 48.5 Å². The van der Waals surface area contributed by atoms with Gasteiger partial charge in [0, 0.05) is 35.1 Å². The van der Waals surface area contributed by atoms with Crippen molar-refractivity contribution in [2.45, 2.75) is 32.9 Å². The lowest BCUT2D eigenvalue weighted by molar-refractivity contribution is -0.114. The van der Waals surface area contributed by atoms with E-state index in [9.17, 15) is 14.4 Å². The molecule has 0 aliphatic rings. The molecular weight excluding hydrogens is 428 g/mol. The van der Waals surface area contributed by atoms with Gasteiger partial charge >= 0.3 is 0 Å². The van der Waals surface area contributed by atoms with Crippen LogP contribution in [0.1, 0.15) is 46.5 Å². The van der Waals surface area contributed by atoms with Gasteiger partial charge in [-0.1, -0.05) is 43.3 Å². The van der Waals surface area contributed by atoms with E-state index in [1.807, 2.05) is 44.2 Å².